The molecule has 0 radical (unpaired) electrons. The van der Waals surface area contributed by atoms with E-state index in [1.807, 2.05) is 44.2 Å². The SMILES string of the molecule is Cc1cc2c(cn1)cc(-c1cc(CC(=O)c3cc(Cl)cc(Cl)c3)ccc1C)c(=O)n2C. The number of rotatable bonds is 4. The Morgan fingerprint density at radius 2 is 1.68 bits per heavy atom. The molecule has 4 rings (SSSR count). The summed E-state index contributed by atoms with van der Waals surface area (Å²) in [6.07, 6.45) is 1.96. The molecule has 0 aliphatic rings. The molecule has 0 saturated carbocycles. The van der Waals surface area contributed by atoms with Gasteiger partial charge in [-0.25, -0.2) is 0 Å². The highest BCUT2D eigenvalue weighted by atomic mass is 35.5. The van der Waals surface area contributed by atoms with Gasteiger partial charge in [-0.05, 0) is 60.9 Å². The molecular weight excluding hydrogens is 431 g/mol. The lowest BCUT2D eigenvalue weighted by molar-refractivity contribution is 0.0993. The van der Waals surface area contributed by atoms with Crippen LogP contribution in [0.1, 0.15) is 27.2 Å². The summed E-state index contributed by atoms with van der Waals surface area (Å²) >= 11 is 12.1. The van der Waals surface area contributed by atoms with Gasteiger partial charge in [-0.3, -0.25) is 14.6 Å². The van der Waals surface area contributed by atoms with Gasteiger partial charge in [0.05, 0.1) is 5.52 Å². The third-order valence-corrected chi connectivity index (χ3v) is 5.82. The summed E-state index contributed by atoms with van der Waals surface area (Å²) in [5, 5.41) is 1.73. The summed E-state index contributed by atoms with van der Waals surface area (Å²) in [6, 6.07) is 14.3. The Morgan fingerprint density at radius 1 is 0.968 bits per heavy atom. The summed E-state index contributed by atoms with van der Waals surface area (Å²) in [5.41, 5.74) is 5.21. The van der Waals surface area contributed by atoms with E-state index in [4.69, 9.17) is 23.2 Å². The van der Waals surface area contributed by atoms with E-state index in [-0.39, 0.29) is 17.8 Å². The first-order valence-electron chi connectivity index (χ1n) is 9.78. The van der Waals surface area contributed by atoms with Crippen LogP contribution in [-0.2, 0) is 13.5 Å². The van der Waals surface area contributed by atoms with Crippen molar-refractivity contribution in [1.82, 2.24) is 9.55 Å². The van der Waals surface area contributed by atoms with Crippen LogP contribution >= 0.6 is 23.2 Å². The fourth-order valence-electron chi connectivity index (χ4n) is 3.73. The Balaban J connectivity index is 1.77. The van der Waals surface area contributed by atoms with Crippen molar-refractivity contribution in [3.05, 3.63) is 97.5 Å². The molecule has 2 aromatic carbocycles. The number of pyridine rings is 2. The number of ketones is 1. The maximum absolute atomic E-state index is 13.1. The smallest absolute Gasteiger partial charge is 0.258 e. The predicted octanol–water partition coefficient (Wildman–Crippen LogP) is 5.95. The van der Waals surface area contributed by atoms with Gasteiger partial charge >= 0.3 is 0 Å². The summed E-state index contributed by atoms with van der Waals surface area (Å²) < 4.78 is 1.64. The van der Waals surface area contributed by atoms with Crippen molar-refractivity contribution >= 4 is 39.9 Å². The molecule has 0 atom stereocenters. The van der Waals surface area contributed by atoms with Crippen LogP contribution in [0.3, 0.4) is 0 Å². The Morgan fingerprint density at radius 3 is 2.39 bits per heavy atom. The number of hydrogen-bond acceptors (Lipinski definition) is 3. The number of carbonyl (C=O) groups excluding carboxylic acids is 1. The first-order chi connectivity index (χ1) is 14.7. The molecule has 2 heterocycles. The number of benzene rings is 2. The molecule has 4 aromatic rings. The fraction of sp³-hybridized carbons (Fsp3) is 0.160. The van der Waals surface area contributed by atoms with E-state index in [0.29, 0.717) is 21.2 Å². The average Bonchev–Trinajstić information content (AvgIpc) is 2.72. The Labute approximate surface area is 190 Å². The van der Waals surface area contributed by atoms with Gasteiger partial charge < -0.3 is 4.57 Å². The van der Waals surface area contributed by atoms with E-state index in [9.17, 15) is 9.59 Å². The molecule has 31 heavy (non-hydrogen) atoms. The van der Waals surface area contributed by atoms with E-state index in [1.54, 1.807) is 36.0 Å². The van der Waals surface area contributed by atoms with Crippen molar-refractivity contribution < 1.29 is 4.79 Å². The van der Waals surface area contributed by atoms with Crippen molar-refractivity contribution in [2.75, 3.05) is 0 Å². The number of halogens is 2. The van der Waals surface area contributed by atoms with E-state index in [2.05, 4.69) is 4.98 Å². The van der Waals surface area contributed by atoms with Crippen molar-refractivity contribution in [1.29, 1.82) is 0 Å². The lowest BCUT2D eigenvalue weighted by Crippen LogP contribution is -2.19. The Hall–Kier alpha value is -2.95. The van der Waals surface area contributed by atoms with Gasteiger partial charge in [0.1, 0.15) is 0 Å². The lowest BCUT2D eigenvalue weighted by atomic mass is 9.95. The van der Waals surface area contributed by atoms with Gasteiger partial charge in [0, 0.05) is 51.9 Å². The van der Waals surface area contributed by atoms with Crippen molar-refractivity contribution in [2.24, 2.45) is 7.05 Å². The molecule has 0 fully saturated rings. The molecule has 2 aromatic heterocycles. The second-order valence-electron chi connectivity index (χ2n) is 7.71. The molecule has 0 bridgehead atoms. The first-order valence-corrected chi connectivity index (χ1v) is 10.5. The van der Waals surface area contributed by atoms with Crippen LogP contribution in [-0.4, -0.2) is 15.3 Å². The molecule has 4 nitrogen and oxygen atoms in total. The molecule has 0 saturated heterocycles. The molecule has 156 valence electrons. The molecule has 0 unspecified atom stereocenters. The molecule has 6 heteroatoms. The maximum Gasteiger partial charge on any atom is 0.258 e. The highest BCUT2D eigenvalue weighted by Crippen LogP contribution is 2.26. The molecular formula is C25H20Cl2N2O2. The van der Waals surface area contributed by atoms with E-state index >= 15 is 0 Å². The Bertz CT molecular complexity index is 1390. The number of nitrogens with zero attached hydrogens (tertiary/aromatic N) is 2. The number of aromatic nitrogens is 2. The van der Waals surface area contributed by atoms with Gasteiger partial charge in [0.25, 0.3) is 5.56 Å². The van der Waals surface area contributed by atoms with Gasteiger partial charge in [-0.1, -0.05) is 41.4 Å². The normalized spacial score (nSPS) is 11.1. The third kappa shape index (κ3) is 4.27. The third-order valence-electron chi connectivity index (χ3n) is 5.39. The molecule has 0 spiro atoms. The van der Waals surface area contributed by atoms with Crippen molar-refractivity contribution in [2.45, 2.75) is 20.3 Å². The highest BCUT2D eigenvalue weighted by Gasteiger charge is 2.14. The number of aryl methyl sites for hydroxylation is 3. The van der Waals surface area contributed by atoms with Crippen LogP contribution in [0.4, 0.5) is 0 Å². The highest BCUT2D eigenvalue weighted by molar-refractivity contribution is 6.35. The fourth-order valence-corrected chi connectivity index (χ4v) is 4.26. The minimum absolute atomic E-state index is 0.0914. The van der Waals surface area contributed by atoms with E-state index in [0.717, 1.165) is 33.3 Å². The number of Topliss-reactive ketones (excluding diaryl/α,β-unsaturated/α-hetero) is 1. The van der Waals surface area contributed by atoms with Gasteiger partial charge in [0.15, 0.2) is 5.78 Å². The monoisotopic (exact) mass is 450 g/mol. The van der Waals surface area contributed by atoms with Crippen LogP contribution in [0.15, 0.2) is 59.5 Å². The van der Waals surface area contributed by atoms with E-state index in [1.165, 1.54) is 0 Å². The van der Waals surface area contributed by atoms with Crippen LogP contribution in [0.2, 0.25) is 10.0 Å². The lowest BCUT2D eigenvalue weighted by Gasteiger charge is -2.13. The number of hydrogen-bond donors (Lipinski definition) is 0. The van der Waals surface area contributed by atoms with Gasteiger partial charge in [0.2, 0.25) is 0 Å². The van der Waals surface area contributed by atoms with Gasteiger partial charge in [-0.15, -0.1) is 0 Å². The topological polar surface area (TPSA) is 52.0 Å². The van der Waals surface area contributed by atoms with Crippen molar-refractivity contribution in [3.8, 4) is 11.1 Å². The maximum atomic E-state index is 13.1. The van der Waals surface area contributed by atoms with E-state index < -0.39 is 0 Å². The zero-order valence-corrected chi connectivity index (χ0v) is 18.9. The van der Waals surface area contributed by atoms with Crippen LogP contribution in [0.25, 0.3) is 22.0 Å². The number of fused-ring (bicyclic) bond motifs is 1. The zero-order valence-electron chi connectivity index (χ0n) is 17.4. The Kier molecular flexibility index (Phi) is 5.69. The largest absolute Gasteiger partial charge is 0.311 e. The first kappa shape index (κ1) is 21.3. The summed E-state index contributed by atoms with van der Waals surface area (Å²) in [7, 11) is 1.76. The van der Waals surface area contributed by atoms with Crippen LogP contribution < -0.4 is 5.56 Å². The van der Waals surface area contributed by atoms with Crippen molar-refractivity contribution in [3.63, 3.8) is 0 Å². The quantitative estimate of drug-likeness (QED) is 0.361. The van der Waals surface area contributed by atoms with Crippen LogP contribution in [0, 0.1) is 13.8 Å². The summed E-state index contributed by atoms with van der Waals surface area (Å²) in [4.78, 5) is 30.3. The second-order valence-corrected chi connectivity index (χ2v) is 8.59. The average molecular weight is 451 g/mol. The summed E-state index contributed by atoms with van der Waals surface area (Å²) in [5.74, 6) is -0.0923. The molecule has 0 aliphatic heterocycles. The zero-order chi connectivity index (χ0) is 22.3. The standard InChI is InChI=1S/C25H20Cl2N2O2/c1-14-4-5-16(8-24(30)17-9-19(26)12-20(27)10-17)7-21(14)22-11-18-13-28-15(2)6-23(18)29(3)25(22)31/h4-7,9-13H,8H2,1-3H3. The minimum atomic E-state index is -0.0923. The predicted molar refractivity (Wildman–Crippen MR) is 126 cm³/mol. The van der Waals surface area contributed by atoms with Gasteiger partial charge in [-0.2, -0.15) is 0 Å². The number of carbonyl (C=O) groups is 1. The minimum Gasteiger partial charge on any atom is -0.311 e. The molecule has 0 amide bonds. The second kappa shape index (κ2) is 8.29. The molecule has 0 aliphatic carbocycles. The van der Waals surface area contributed by atoms with Crippen LogP contribution in [0.5, 0.6) is 0 Å². The molecule has 0 N–H and O–H groups in total. The summed E-state index contributed by atoms with van der Waals surface area (Å²) in [6.45, 7) is 3.85.